The Kier molecular flexibility index (Phi) is 6.54. The van der Waals surface area contributed by atoms with Crippen molar-refractivity contribution in [1.29, 1.82) is 5.41 Å². The second kappa shape index (κ2) is 9.57. The smallest absolute Gasteiger partial charge is 0.182 e. The number of carbonyl (C=O) groups excluding carboxylic acids is 1. The average molecular weight is 511 g/mol. The first-order valence-corrected chi connectivity index (χ1v) is 13.5. The van der Waals surface area contributed by atoms with E-state index in [1.807, 2.05) is 48.2 Å². The molecule has 5 rings (SSSR count). The number of methoxy groups -OCH3 is 1. The van der Waals surface area contributed by atoms with Crippen LogP contribution >= 0.6 is 0 Å². The van der Waals surface area contributed by atoms with Gasteiger partial charge in [-0.15, -0.1) is 0 Å². The van der Waals surface area contributed by atoms with Gasteiger partial charge in [0.25, 0.3) is 0 Å². The van der Waals surface area contributed by atoms with Crippen LogP contribution < -0.4 is 9.64 Å². The molecule has 0 bridgehead atoms. The molecule has 0 spiro atoms. The molecule has 0 saturated carbocycles. The Labute approximate surface area is 226 Å². The number of anilines is 1. The van der Waals surface area contributed by atoms with Crippen LogP contribution in [-0.2, 0) is 11.0 Å². The van der Waals surface area contributed by atoms with Gasteiger partial charge in [-0.05, 0) is 55.9 Å². The Morgan fingerprint density at radius 1 is 1.08 bits per heavy atom. The maximum absolute atomic E-state index is 14.1. The van der Waals surface area contributed by atoms with Gasteiger partial charge in [-0.25, -0.2) is 4.98 Å². The minimum Gasteiger partial charge on any atom is -0.494 e. The van der Waals surface area contributed by atoms with Crippen LogP contribution in [0.3, 0.4) is 0 Å². The Morgan fingerprint density at radius 2 is 1.76 bits per heavy atom. The molecule has 1 saturated heterocycles. The molecule has 198 valence electrons. The summed E-state index contributed by atoms with van der Waals surface area (Å²) in [5.41, 5.74) is 5.28. The third-order valence-corrected chi connectivity index (χ3v) is 8.08. The number of aromatic nitrogens is 1. The van der Waals surface area contributed by atoms with Crippen LogP contribution in [0.25, 0.3) is 0 Å². The molecule has 2 aromatic carbocycles. The summed E-state index contributed by atoms with van der Waals surface area (Å²) in [6.45, 7) is 12.5. The quantitative estimate of drug-likeness (QED) is 0.407. The third-order valence-electron chi connectivity index (χ3n) is 8.08. The van der Waals surface area contributed by atoms with Crippen LogP contribution in [0.1, 0.15) is 79.0 Å². The van der Waals surface area contributed by atoms with Crippen molar-refractivity contribution >= 4 is 17.3 Å². The molecule has 3 aromatic rings. The van der Waals surface area contributed by atoms with Crippen molar-refractivity contribution in [3.05, 3.63) is 88.2 Å². The van der Waals surface area contributed by atoms with Gasteiger partial charge in [0.1, 0.15) is 17.3 Å². The summed E-state index contributed by atoms with van der Waals surface area (Å²) in [5, 5.41) is 9.11. The summed E-state index contributed by atoms with van der Waals surface area (Å²) in [4.78, 5) is 23.1. The first kappa shape index (κ1) is 26.0. The molecule has 1 N–H and O–H groups in total. The van der Waals surface area contributed by atoms with E-state index in [9.17, 15) is 4.79 Å². The standard InChI is InChI=1S/C32H38N4O2/c1-21-14-15-24-28(34-21)30(33)36(32(24,5)23-12-8-7-9-13-23)20-27(37)22-18-25(31(2,3)4)29(38-6)26(19-22)35-16-10-11-17-35/h7-9,12-15,18-19,33H,10-11,16-17,20H2,1-6H3. The third kappa shape index (κ3) is 4.26. The highest BCUT2D eigenvalue weighted by molar-refractivity contribution is 6.06. The van der Waals surface area contributed by atoms with Gasteiger partial charge in [0.2, 0.25) is 0 Å². The van der Waals surface area contributed by atoms with Crippen LogP contribution in [0.2, 0.25) is 0 Å². The zero-order valence-electron chi connectivity index (χ0n) is 23.4. The van der Waals surface area contributed by atoms with Crippen LogP contribution in [0.4, 0.5) is 5.69 Å². The molecule has 1 fully saturated rings. The van der Waals surface area contributed by atoms with Gasteiger partial charge in [0, 0.05) is 35.5 Å². The second-order valence-electron chi connectivity index (χ2n) is 11.7. The number of ether oxygens (including phenoxy) is 1. The van der Waals surface area contributed by atoms with Crippen LogP contribution in [-0.4, -0.2) is 48.2 Å². The highest BCUT2D eigenvalue weighted by atomic mass is 16.5. The van der Waals surface area contributed by atoms with Gasteiger partial charge in [-0.3, -0.25) is 10.2 Å². The Balaban J connectivity index is 1.59. The van der Waals surface area contributed by atoms with E-state index >= 15 is 0 Å². The number of hydrogen-bond donors (Lipinski definition) is 1. The number of nitrogens with zero attached hydrogens (tertiary/aromatic N) is 3. The molecule has 1 unspecified atom stereocenters. The highest BCUT2D eigenvalue weighted by Gasteiger charge is 2.47. The number of fused-ring (bicyclic) bond motifs is 1. The zero-order chi connectivity index (χ0) is 27.2. The fourth-order valence-electron chi connectivity index (χ4n) is 5.91. The van der Waals surface area contributed by atoms with E-state index in [2.05, 4.69) is 50.8 Å². The molecule has 2 aliphatic rings. The average Bonchev–Trinajstić information content (AvgIpc) is 3.51. The Bertz CT molecular complexity index is 1390. The first-order chi connectivity index (χ1) is 18.1. The maximum atomic E-state index is 14.1. The predicted octanol–water partition coefficient (Wildman–Crippen LogP) is 6.08. The van der Waals surface area contributed by atoms with E-state index in [0.717, 1.165) is 59.8 Å². The lowest BCUT2D eigenvalue weighted by Gasteiger charge is -2.37. The summed E-state index contributed by atoms with van der Waals surface area (Å²) in [6.07, 6.45) is 2.27. The van der Waals surface area contributed by atoms with E-state index in [1.165, 1.54) is 0 Å². The molecule has 6 heteroatoms. The van der Waals surface area contributed by atoms with Crippen LogP contribution in [0.15, 0.2) is 54.6 Å². The van der Waals surface area contributed by atoms with Gasteiger partial charge in [-0.2, -0.15) is 0 Å². The van der Waals surface area contributed by atoms with Crippen molar-refractivity contribution in [2.24, 2.45) is 0 Å². The van der Waals surface area contributed by atoms with E-state index in [1.54, 1.807) is 7.11 Å². The Hall–Kier alpha value is -3.67. The molecule has 0 amide bonds. The number of Topliss-reactive ketones (excluding diaryl/α,β-unsaturated/α-hetero) is 1. The summed E-state index contributed by atoms with van der Waals surface area (Å²) in [5.74, 6) is 1.12. The summed E-state index contributed by atoms with van der Waals surface area (Å²) in [6, 6.07) is 18.2. The van der Waals surface area contributed by atoms with Crippen LogP contribution in [0, 0.1) is 12.3 Å². The van der Waals surface area contributed by atoms with Crippen molar-refractivity contribution in [3.8, 4) is 5.75 Å². The number of nitrogens with one attached hydrogen (secondary N) is 1. The first-order valence-electron chi connectivity index (χ1n) is 13.5. The number of rotatable bonds is 6. The number of pyridine rings is 1. The van der Waals surface area contributed by atoms with Crippen molar-refractivity contribution in [1.82, 2.24) is 9.88 Å². The lowest BCUT2D eigenvalue weighted by molar-refractivity contribution is 0.0930. The van der Waals surface area contributed by atoms with Crippen molar-refractivity contribution in [2.45, 2.75) is 58.4 Å². The summed E-state index contributed by atoms with van der Waals surface area (Å²) in [7, 11) is 1.72. The largest absolute Gasteiger partial charge is 0.494 e. The van der Waals surface area contributed by atoms with E-state index < -0.39 is 5.54 Å². The molecular formula is C32H38N4O2. The predicted molar refractivity (Wildman–Crippen MR) is 153 cm³/mol. The minimum atomic E-state index is -0.679. The van der Waals surface area contributed by atoms with Crippen LogP contribution in [0.5, 0.6) is 5.75 Å². The van der Waals surface area contributed by atoms with Gasteiger partial charge < -0.3 is 14.5 Å². The number of aryl methyl sites for hydroxylation is 1. The van der Waals surface area contributed by atoms with Gasteiger partial charge in [-0.1, -0.05) is 57.2 Å². The van der Waals surface area contributed by atoms with Crippen molar-refractivity contribution < 1.29 is 9.53 Å². The molecule has 1 atom stereocenters. The number of hydrogen-bond acceptors (Lipinski definition) is 5. The van der Waals surface area contributed by atoms with Crippen molar-refractivity contribution in [2.75, 3.05) is 31.6 Å². The molecule has 38 heavy (non-hydrogen) atoms. The second-order valence-corrected chi connectivity index (χ2v) is 11.7. The SMILES string of the molecule is COc1c(N2CCCC2)cc(C(=O)CN2C(=N)c3nc(C)ccc3C2(C)c2ccccc2)cc1C(C)(C)C. The topological polar surface area (TPSA) is 69.5 Å². The molecular weight excluding hydrogens is 472 g/mol. The fraction of sp³-hybridized carbons (Fsp3) is 0.406. The monoisotopic (exact) mass is 510 g/mol. The minimum absolute atomic E-state index is 0.0185. The lowest BCUT2D eigenvalue weighted by atomic mass is 9.83. The number of benzene rings is 2. The molecule has 1 aromatic heterocycles. The van der Waals surface area contributed by atoms with Gasteiger partial charge in [0.05, 0.1) is 24.9 Å². The Morgan fingerprint density at radius 3 is 2.39 bits per heavy atom. The molecule has 3 heterocycles. The number of ketones is 1. The van der Waals surface area contributed by atoms with E-state index in [4.69, 9.17) is 15.1 Å². The molecule has 6 nitrogen and oxygen atoms in total. The zero-order valence-corrected chi connectivity index (χ0v) is 23.4. The van der Waals surface area contributed by atoms with E-state index in [-0.39, 0.29) is 23.6 Å². The normalized spacial score (nSPS) is 19.2. The molecule has 0 aliphatic carbocycles. The highest BCUT2D eigenvalue weighted by Crippen LogP contribution is 2.44. The molecule has 0 radical (unpaired) electrons. The lowest BCUT2D eigenvalue weighted by Crippen LogP contribution is -2.45. The number of carbonyl (C=O) groups is 1. The number of amidine groups is 1. The van der Waals surface area contributed by atoms with Gasteiger partial charge in [0.15, 0.2) is 5.78 Å². The van der Waals surface area contributed by atoms with Gasteiger partial charge >= 0.3 is 0 Å². The van der Waals surface area contributed by atoms with E-state index in [0.29, 0.717) is 11.3 Å². The summed E-state index contributed by atoms with van der Waals surface area (Å²) < 4.78 is 5.94. The maximum Gasteiger partial charge on any atom is 0.182 e. The fourth-order valence-corrected chi connectivity index (χ4v) is 5.91. The summed E-state index contributed by atoms with van der Waals surface area (Å²) >= 11 is 0. The molecule has 2 aliphatic heterocycles. The van der Waals surface area contributed by atoms with Crippen molar-refractivity contribution in [3.63, 3.8) is 0 Å².